The summed E-state index contributed by atoms with van der Waals surface area (Å²) >= 11 is 0. The monoisotopic (exact) mass is 261 g/mol. The predicted octanol–water partition coefficient (Wildman–Crippen LogP) is 0.333. The topological polar surface area (TPSA) is 60.5 Å². The number of carbonyl (C=O) groups is 1. The minimum absolute atomic E-state index is 0.0833. The number of anilines is 1. The van der Waals surface area contributed by atoms with Crippen molar-refractivity contribution in [3.05, 3.63) is 23.9 Å². The average Bonchev–Trinajstić information content (AvgIpc) is 2.80. The van der Waals surface area contributed by atoms with Gasteiger partial charge in [0, 0.05) is 39.8 Å². The van der Waals surface area contributed by atoms with Crippen LogP contribution in [0.1, 0.15) is 5.69 Å². The highest BCUT2D eigenvalue weighted by molar-refractivity contribution is 5.77. The standard InChI is InChI=1S/C13H19N5O/c1-14-12-4-2-3-10(16-12)8-17-5-6-18-11(9-17)7-15-13(18)19/h2-4,11H,5-9H2,1H3,(H,14,16)(H,15,19). The Kier molecular flexibility index (Phi) is 3.25. The highest BCUT2D eigenvalue weighted by Gasteiger charge is 2.35. The molecule has 19 heavy (non-hydrogen) atoms. The van der Waals surface area contributed by atoms with Gasteiger partial charge in [-0.15, -0.1) is 0 Å². The zero-order chi connectivity index (χ0) is 13.2. The van der Waals surface area contributed by atoms with Gasteiger partial charge in [0.2, 0.25) is 0 Å². The summed E-state index contributed by atoms with van der Waals surface area (Å²) in [5.74, 6) is 0.897. The number of nitrogens with zero attached hydrogens (tertiary/aromatic N) is 3. The second kappa shape index (κ2) is 5.05. The number of hydrogen-bond donors (Lipinski definition) is 2. The lowest BCUT2D eigenvalue weighted by Crippen LogP contribution is -2.51. The summed E-state index contributed by atoms with van der Waals surface area (Å²) in [5.41, 5.74) is 1.07. The van der Waals surface area contributed by atoms with Gasteiger partial charge in [0.1, 0.15) is 5.82 Å². The van der Waals surface area contributed by atoms with Crippen LogP contribution in [-0.4, -0.2) is 60.1 Å². The zero-order valence-corrected chi connectivity index (χ0v) is 11.1. The van der Waals surface area contributed by atoms with E-state index in [0.29, 0.717) is 6.04 Å². The summed E-state index contributed by atoms with van der Waals surface area (Å²) in [6.45, 7) is 4.25. The molecule has 1 unspecified atom stereocenters. The molecule has 0 aliphatic carbocycles. The van der Waals surface area contributed by atoms with Crippen LogP contribution in [-0.2, 0) is 6.54 Å². The summed E-state index contributed by atoms with van der Waals surface area (Å²) in [7, 11) is 1.88. The molecule has 102 valence electrons. The molecule has 0 aromatic carbocycles. The van der Waals surface area contributed by atoms with Gasteiger partial charge < -0.3 is 15.5 Å². The first-order chi connectivity index (χ1) is 9.26. The second-order valence-electron chi connectivity index (χ2n) is 5.03. The fourth-order valence-corrected chi connectivity index (χ4v) is 2.75. The van der Waals surface area contributed by atoms with Crippen molar-refractivity contribution in [2.75, 3.05) is 38.5 Å². The summed E-state index contributed by atoms with van der Waals surface area (Å²) in [6, 6.07) is 6.42. The van der Waals surface area contributed by atoms with Crippen LogP contribution in [0.15, 0.2) is 18.2 Å². The van der Waals surface area contributed by atoms with Crippen molar-refractivity contribution in [2.24, 2.45) is 0 Å². The lowest BCUT2D eigenvalue weighted by Gasteiger charge is -2.36. The van der Waals surface area contributed by atoms with E-state index in [9.17, 15) is 4.79 Å². The van der Waals surface area contributed by atoms with E-state index in [1.807, 2.05) is 30.1 Å². The van der Waals surface area contributed by atoms with Gasteiger partial charge in [-0.2, -0.15) is 0 Å². The van der Waals surface area contributed by atoms with Gasteiger partial charge in [-0.05, 0) is 12.1 Å². The largest absolute Gasteiger partial charge is 0.373 e. The molecule has 2 aliphatic heterocycles. The molecule has 2 N–H and O–H groups in total. The van der Waals surface area contributed by atoms with Crippen LogP contribution in [0.3, 0.4) is 0 Å². The van der Waals surface area contributed by atoms with Gasteiger partial charge in [0.05, 0.1) is 11.7 Å². The minimum atomic E-state index is 0.0833. The molecule has 1 aromatic heterocycles. The molecule has 0 radical (unpaired) electrons. The molecule has 2 aliphatic rings. The first-order valence-electron chi connectivity index (χ1n) is 6.67. The van der Waals surface area contributed by atoms with Crippen molar-refractivity contribution in [1.82, 2.24) is 20.1 Å². The lowest BCUT2D eigenvalue weighted by molar-refractivity contribution is 0.116. The molecule has 2 saturated heterocycles. The van der Waals surface area contributed by atoms with E-state index in [0.717, 1.165) is 44.2 Å². The van der Waals surface area contributed by atoms with Gasteiger partial charge in [0.25, 0.3) is 0 Å². The van der Waals surface area contributed by atoms with Crippen LogP contribution in [0, 0.1) is 0 Å². The smallest absolute Gasteiger partial charge is 0.317 e. The van der Waals surface area contributed by atoms with Crippen LogP contribution in [0.2, 0.25) is 0 Å². The molecule has 0 bridgehead atoms. The second-order valence-corrected chi connectivity index (χ2v) is 5.03. The van der Waals surface area contributed by atoms with Crippen LogP contribution >= 0.6 is 0 Å². The number of rotatable bonds is 3. The summed E-state index contributed by atoms with van der Waals surface area (Å²) < 4.78 is 0. The minimum Gasteiger partial charge on any atom is -0.373 e. The molecule has 2 fully saturated rings. The highest BCUT2D eigenvalue weighted by Crippen LogP contribution is 2.16. The molecular weight excluding hydrogens is 242 g/mol. The van der Waals surface area contributed by atoms with Crippen molar-refractivity contribution >= 4 is 11.8 Å². The van der Waals surface area contributed by atoms with E-state index in [1.165, 1.54) is 0 Å². The third-order valence-corrected chi connectivity index (χ3v) is 3.77. The van der Waals surface area contributed by atoms with E-state index in [4.69, 9.17) is 0 Å². The number of hydrogen-bond acceptors (Lipinski definition) is 4. The number of nitrogens with one attached hydrogen (secondary N) is 2. The Morgan fingerprint density at radius 2 is 2.37 bits per heavy atom. The van der Waals surface area contributed by atoms with Crippen molar-refractivity contribution in [3.63, 3.8) is 0 Å². The number of urea groups is 1. The predicted molar refractivity (Wildman–Crippen MR) is 73.0 cm³/mol. The van der Waals surface area contributed by atoms with E-state index >= 15 is 0 Å². The molecular formula is C13H19N5O. The quantitative estimate of drug-likeness (QED) is 0.823. The Hall–Kier alpha value is -1.82. The van der Waals surface area contributed by atoms with E-state index in [-0.39, 0.29) is 6.03 Å². The first kappa shape index (κ1) is 12.2. The fourth-order valence-electron chi connectivity index (χ4n) is 2.75. The molecule has 0 saturated carbocycles. The third kappa shape index (κ3) is 2.49. The van der Waals surface area contributed by atoms with E-state index in [1.54, 1.807) is 0 Å². The normalized spacial score (nSPS) is 23.1. The maximum Gasteiger partial charge on any atom is 0.317 e. The fraction of sp³-hybridized carbons (Fsp3) is 0.538. The molecule has 6 nitrogen and oxygen atoms in total. The SMILES string of the molecule is CNc1cccc(CN2CCN3C(=O)NCC3C2)n1. The van der Waals surface area contributed by atoms with Crippen molar-refractivity contribution < 1.29 is 4.79 Å². The van der Waals surface area contributed by atoms with E-state index < -0.39 is 0 Å². The molecule has 1 atom stereocenters. The lowest BCUT2D eigenvalue weighted by atomic mass is 10.2. The number of fused-ring (bicyclic) bond motifs is 1. The van der Waals surface area contributed by atoms with Crippen LogP contribution in [0.4, 0.5) is 10.6 Å². The van der Waals surface area contributed by atoms with Gasteiger partial charge in [-0.25, -0.2) is 9.78 Å². The number of amides is 2. The van der Waals surface area contributed by atoms with Crippen molar-refractivity contribution in [3.8, 4) is 0 Å². The van der Waals surface area contributed by atoms with Gasteiger partial charge >= 0.3 is 6.03 Å². The first-order valence-corrected chi connectivity index (χ1v) is 6.67. The third-order valence-electron chi connectivity index (χ3n) is 3.77. The Morgan fingerprint density at radius 3 is 3.21 bits per heavy atom. The highest BCUT2D eigenvalue weighted by atomic mass is 16.2. The van der Waals surface area contributed by atoms with E-state index in [2.05, 4.69) is 20.5 Å². The van der Waals surface area contributed by atoms with Crippen molar-refractivity contribution in [1.29, 1.82) is 0 Å². The Bertz CT molecular complexity index is 478. The van der Waals surface area contributed by atoms with Crippen LogP contribution in [0.5, 0.6) is 0 Å². The number of piperazine rings is 1. The summed E-state index contributed by atoms with van der Waals surface area (Å²) in [6.07, 6.45) is 0. The van der Waals surface area contributed by atoms with Gasteiger partial charge in [-0.3, -0.25) is 4.90 Å². The Balaban J connectivity index is 1.63. The molecule has 6 heteroatoms. The molecule has 2 amide bonds. The zero-order valence-electron chi connectivity index (χ0n) is 11.1. The van der Waals surface area contributed by atoms with Crippen LogP contribution in [0.25, 0.3) is 0 Å². The summed E-state index contributed by atoms with van der Waals surface area (Å²) in [5, 5.41) is 5.95. The molecule has 1 aromatic rings. The number of carbonyl (C=O) groups excluding carboxylic acids is 1. The number of pyridine rings is 1. The number of aromatic nitrogens is 1. The maximum absolute atomic E-state index is 11.5. The average molecular weight is 261 g/mol. The van der Waals surface area contributed by atoms with Gasteiger partial charge in [-0.1, -0.05) is 6.07 Å². The maximum atomic E-state index is 11.5. The van der Waals surface area contributed by atoms with Gasteiger partial charge in [0.15, 0.2) is 0 Å². The Labute approximate surface area is 112 Å². The summed E-state index contributed by atoms with van der Waals surface area (Å²) in [4.78, 5) is 20.4. The van der Waals surface area contributed by atoms with Crippen molar-refractivity contribution in [2.45, 2.75) is 12.6 Å². The molecule has 0 spiro atoms. The van der Waals surface area contributed by atoms with Crippen LogP contribution < -0.4 is 10.6 Å². The molecule has 3 rings (SSSR count). The Morgan fingerprint density at radius 1 is 1.47 bits per heavy atom. The molecule has 3 heterocycles.